The highest BCUT2D eigenvalue weighted by molar-refractivity contribution is 7.81. The van der Waals surface area contributed by atoms with Gasteiger partial charge in [0.05, 0.1) is 40.7 Å². The molecule has 2 N–H and O–H groups in total. The standard InChI is InChI=1S/C39H38F3N7O4S.CH2O2/c1-38(2)35(51)48(28-8-7-25(24-43)31(23-28)39(40,41)42)37(54)49(38)27-9-11-29(12-10-27)53-22-4-17-45-18-13-26(14-19-45)46-20-15-30-32(46)5-3-6-33(30)47-21-16-34(50)44-36(47)52;2-1-3/h3,5-12,15,20,23,26H,4,13-14,16-19,21-22H2,1-2H3,(H,44,50,52);1H,(H,2,3). The Hall–Kier alpha value is -5.99. The molecule has 13 nitrogen and oxygen atoms in total. The number of carbonyl (C=O) groups excluding carboxylic acids is 3. The van der Waals surface area contributed by atoms with E-state index in [0.717, 1.165) is 72.5 Å². The number of aromatic nitrogens is 1. The fourth-order valence-electron chi connectivity index (χ4n) is 7.57. The zero-order valence-corrected chi connectivity index (χ0v) is 32.0. The number of nitrogens with one attached hydrogen (secondary N) is 1. The number of nitriles is 1. The van der Waals surface area contributed by atoms with Crippen LogP contribution in [0.2, 0.25) is 0 Å². The predicted octanol–water partition coefficient (Wildman–Crippen LogP) is 6.70. The number of carbonyl (C=O) groups is 4. The van der Waals surface area contributed by atoms with Gasteiger partial charge in [-0.3, -0.25) is 29.5 Å². The molecule has 3 aromatic carbocycles. The highest BCUT2D eigenvalue weighted by Gasteiger charge is 2.50. The van der Waals surface area contributed by atoms with E-state index in [1.54, 1.807) is 54.0 Å². The molecule has 17 heteroatoms. The third-order valence-electron chi connectivity index (χ3n) is 10.4. The van der Waals surface area contributed by atoms with E-state index >= 15 is 0 Å². The predicted molar refractivity (Wildman–Crippen MR) is 210 cm³/mol. The van der Waals surface area contributed by atoms with E-state index in [0.29, 0.717) is 30.6 Å². The quantitative estimate of drug-likeness (QED) is 0.106. The van der Waals surface area contributed by atoms with Crippen molar-refractivity contribution in [3.63, 3.8) is 0 Å². The van der Waals surface area contributed by atoms with E-state index in [-0.39, 0.29) is 29.6 Å². The van der Waals surface area contributed by atoms with Crippen molar-refractivity contribution in [2.24, 2.45) is 0 Å². The molecule has 0 aliphatic carbocycles. The molecule has 3 aliphatic rings. The Bertz CT molecular complexity index is 2230. The molecule has 57 heavy (non-hydrogen) atoms. The van der Waals surface area contributed by atoms with Crippen LogP contribution in [0.1, 0.15) is 56.7 Å². The first kappa shape index (κ1) is 40.7. The second kappa shape index (κ2) is 16.6. The molecular weight excluding hydrogens is 764 g/mol. The Morgan fingerprint density at radius 3 is 2.35 bits per heavy atom. The molecule has 7 rings (SSSR count). The van der Waals surface area contributed by atoms with Gasteiger partial charge in [-0.2, -0.15) is 18.4 Å². The van der Waals surface area contributed by atoms with Gasteiger partial charge in [-0.25, -0.2) is 4.79 Å². The number of urea groups is 1. The smallest absolute Gasteiger partial charge is 0.417 e. The average molecular weight is 804 g/mol. The molecular formula is C40H40F3N7O6S. The van der Waals surface area contributed by atoms with E-state index in [1.165, 1.54) is 6.07 Å². The number of imide groups is 1. The van der Waals surface area contributed by atoms with Crippen molar-refractivity contribution in [3.05, 3.63) is 84.1 Å². The number of nitrogens with zero attached hydrogens (tertiary/aromatic N) is 6. The largest absolute Gasteiger partial charge is 0.494 e. The van der Waals surface area contributed by atoms with Gasteiger partial charge in [-0.05, 0) is 106 Å². The SMILES string of the molecule is CC1(C)C(=O)N(c2ccc(C#N)c(C(F)(F)F)c2)C(=S)N1c1ccc(OCCCN2CCC(n3ccc4c(N5CCC(=O)NC5=O)cccc43)CC2)cc1.O=CO. The van der Waals surface area contributed by atoms with Gasteiger partial charge in [0.1, 0.15) is 11.3 Å². The van der Waals surface area contributed by atoms with Gasteiger partial charge in [0.15, 0.2) is 5.11 Å². The maximum absolute atomic E-state index is 13.7. The Kier molecular flexibility index (Phi) is 11.9. The summed E-state index contributed by atoms with van der Waals surface area (Å²) in [6, 6.07) is 19.7. The summed E-state index contributed by atoms with van der Waals surface area (Å²) in [7, 11) is 0. The Labute approximate surface area is 331 Å². The van der Waals surface area contributed by atoms with E-state index in [9.17, 15) is 32.8 Å². The molecule has 3 aliphatic heterocycles. The van der Waals surface area contributed by atoms with Crippen molar-refractivity contribution < 1.29 is 42.2 Å². The maximum Gasteiger partial charge on any atom is 0.417 e. The number of carboxylic acid groups (broad SMARTS) is 1. The number of halogens is 3. The van der Waals surface area contributed by atoms with Gasteiger partial charge in [0.25, 0.3) is 12.4 Å². The number of ether oxygens (including phenoxy) is 1. The van der Waals surface area contributed by atoms with Crippen molar-refractivity contribution in [2.75, 3.05) is 47.5 Å². The number of alkyl halides is 3. The van der Waals surface area contributed by atoms with Crippen LogP contribution in [0.5, 0.6) is 5.75 Å². The van der Waals surface area contributed by atoms with Crippen LogP contribution in [0.15, 0.2) is 72.9 Å². The molecule has 3 fully saturated rings. The van der Waals surface area contributed by atoms with Gasteiger partial charge in [0, 0.05) is 55.9 Å². The van der Waals surface area contributed by atoms with Crippen LogP contribution in [0, 0.1) is 11.3 Å². The molecule has 0 spiro atoms. The Morgan fingerprint density at radius 1 is 1.02 bits per heavy atom. The van der Waals surface area contributed by atoms with E-state index in [2.05, 4.69) is 27.0 Å². The van der Waals surface area contributed by atoms with E-state index in [1.807, 2.05) is 18.2 Å². The van der Waals surface area contributed by atoms with Crippen molar-refractivity contribution in [3.8, 4) is 11.8 Å². The normalized spacial score (nSPS) is 17.6. The lowest BCUT2D eigenvalue weighted by Gasteiger charge is -2.33. The van der Waals surface area contributed by atoms with Crippen LogP contribution >= 0.6 is 12.2 Å². The Balaban J connectivity index is 0.00000177. The minimum atomic E-state index is -4.78. The summed E-state index contributed by atoms with van der Waals surface area (Å²) in [5.41, 5.74) is -0.462. The average Bonchev–Trinajstić information content (AvgIpc) is 3.69. The second-order valence-electron chi connectivity index (χ2n) is 14.2. The number of rotatable bonds is 9. The zero-order valence-electron chi connectivity index (χ0n) is 31.2. The fourth-order valence-corrected chi connectivity index (χ4v) is 8.09. The van der Waals surface area contributed by atoms with E-state index < -0.39 is 34.8 Å². The van der Waals surface area contributed by atoms with Crippen molar-refractivity contribution in [1.82, 2.24) is 14.8 Å². The molecule has 0 atom stereocenters. The number of hydrogen-bond acceptors (Lipinski definition) is 8. The summed E-state index contributed by atoms with van der Waals surface area (Å²) in [5.74, 6) is -0.109. The number of hydrogen-bond donors (Lipinski definition) is 2. The molecule has 4 heterocycles. The molecule has 4 aromatic rings. The third-order valence-corrected chi connectivity index (χ3v) is 10.7. The summed E-state index contributed by atoms with van der Waals surface area (Å²) in [6.45, 7) is 6.68. The highest BCUT2D eigenvalue weighted by Crippen LogP contribution is 2.40. The van der Waals surface area contributed by atoms with Gasteiger partial charge >= 0.3 is 12.2 Å². The van der Waals surface area contributed by atoms with Crippen molar-refractivity contribution >= 4 is 69.6 Å². The molecule has 298 valence electrons. The lowest BCUT2D eigenvalue weighted by Crippen LogP contribution is -2.49. The summed E-state index contributed by atoms with van der Waals surface area (Å²) in [6.07, 6.45) is 0.378. The number of benzene rings is 3. The molecule has 4 amide bonds. The van der Waals surface area contributed by atoms with Gasteiger partial charge in [0.2, 0.25) is 5.91 Å². The zero-order chi connectivity index (χ0) is 41.1. The summed E-state index contributed by atoms with van der Waals surface area (Å²) in [4.78, 5) is 52.8. The first-order valence-electron chi connectivity index (χ1n) is 18.2. The van der Waals surface area contributed by atoms with Crippen LogP contribution in [-0.4, -0.2) is 82.3 Å². The molecule has 0 radical (unpaired) electrons. The lowest BCUT2D eigenvalue weighted by molar-refractivity contribution is -0.137. The van der Waals surface area contributed by atoms with Crippen molar-refractivity contribution in [1.29, 1.82) is 5.26 Å². The number of amides is 4. The number of likely N-dealkylation sites (tertiary alicyclic amines) is 1. The lowest BCUT2D eigenvalue weighted by atomic mass is 10.0. The van der Waals surface area contributed by atoms with Crippen LogP contribution in [0.3, 0.4) is 0 Å². The first-order chi connectivity index (χ1) is 27.2. The van der Waals surface area contributed by atoms with Gasteiger partial charge in [-0.15, -0.1) is 0 Å². The first-order valence-corrected chi connectivity index (χ1v) is 18.6. The monoisotopic (exact) mass is 803 g/mol. The molecule has 3 saturated heterocycles. The number of anilines is 3. The van der Waals surface area contributed by atoms with Crippen LogP contribution in [0.4, 0.5) is 35.0 Å². The Morgan fingerprint density at radius 2 is 1.70 bits per heavy atom. The molecule has 0 bridgehead atoms. The van der Waals surface area contributed by atoms with Crippen LogP contribution < -0.4 is 24.8 Å². The second-order valence-corrected chi connectivity index (χ2v) is 14.6. The maximum atomic E-state index is 13.7. The number of piperidine rings is 1. The number of fused-ring (bicyclic) bond motifs is 1. The molecule has 1 aromatic heterocycles. The van der Waals surface area contributed by atoms with Crippen LogP contribution in [0.25, 0.3) is 10.9 Å². The third kappa shape index (κ3) is 8.28. The number of thiocarbonyl (C=S) groups is 1. The summed E-state index contributed by atoms with van der Waals surface area (Å²) >= 11 is 5.64. The minimum absolute atomic E-state index is 0.0280. The topological polar surface area (TPSA) is 151 Å². The van der Waals surface area contributed by atoms with E-state index in [4.69, 9.17) is 26.9 Å². The van der Waals surface area contributed by atoms with Gasteiger partial charge < -0.3 is 24.2 Å². The summed E-state index contributed by atoms with van der Waals surface area (Å²) in [5, 5.41) is 19.5. The fraction of sp³-hybridized carbons (Fsp3) is 0.350. The summed E-state index contributed by atoms with van der Waals surface area (Å²) < 4.78 is 49.4. The van der Waals surface area contributed by atoms with Crippen molar-refractivity contribution in [2.45, 2.75) is 57.3 Å². The van der Waals surface area contributed by atoms with Crippen LogP contribution in [-0.2, 0) is 20.6 Å². The minimum Gasteiger partial charge on any atom is -0.494 e. The van der Waals surface area contributed by atoms with Gasteiger partial charge in [-0.1, -0.05) is 6.07 Å². The molecule has 0 saturated carbocycles. The molecule has 0 unspecified atom stereocenters. The highest BCUT2D eigenvalue weighted by atomic mass is 32.1.